The lowest BCUT2D eigenvalue weighted by Gasteiger charge is -2.30. The molecule has 1 unspecified atom stereocenters. The third-order valence-electron chi connectivity index (χ3n) is 4.25. The number of unbranched alkanes of at least 4 members (excludes halogenated alkanes) is 4. The van der Waals surface area contributed by atoms with Crippen LogP contribution in [0.2, 0.25) is 0 Å². The highest BCUT2D eigenvalue weighted by atomic mass is 16.1. The maximum Gasteiger partial charge on any atom is 0.228 e. The molecule has 0 aliphatic carbocycles. The van der Waals surface area contributed by atoms with Crippen molar-refractivity contribution in [1.82, 2.24) is 0 Å². The Morgan fingerprint density at radius 1 is 1.05 bits per heavy atom. The average molecular weight is 276 g/mol. The van der Waals surface area contributed by atoms with Crippen molar-refractivity contribution in [1.29, 1.82) is 0 Å². The Balaban J connectivity index is 2.81. The van der Waals surface area contributed by atoms with Crippen LogP contribution < -0.4 is 11.5 Å². The van der Waals surface area contributed by atoms with Gasteiger partial charge in [-0.2, -0.15) is 0 Å². The van der Waals surface area contributed by atoms with Crippen LogP contribution in [0.3, 0.4) is 0 Å². The number of benzene rings is 1. The zero-order valence-corrected chi connectivity index (χ0v) is 12.8. The van der Waals surface area contributed by atoms with E-state index in [-0.39, 0.29) is 5.91 Å². The van der Waals surface area contributed by atoms with Crippen molar-refractivity contribution in [3.63, 3.8) is 0 Å². The molecule has 3 nitrogen and oxygen atoms in total. The van der Waals surface area contributed by atoms with Gasteiger partial charge in [0.15, 0.2) is 0 Å². The van der Waals surface area contributed by atoms with Gasteiger partial charge in [0, 0.05) is 5.69 Å². The van der Waals surface area contributed by atoms with E-state index >= 15 is 0 Å². The lowest BCUT2D eigenvalue weighted by Crippen LogP contribution is -2.40. The largest absolute Gasteiger partial charge is 0.399 e. The van der Waals surface area contributed by atoms with Crippen molar-refractivity contribution < 1.29 is 4.79 Å². The Morgan fingerprint density at radius 3 is 2.15 bits per heavy atom. The summed E-state index contributed by atoms with van der Waals surface area (Å²) in [5, 5.41) is 0. The minimum absolute atomic E-state index is 0.222. The number of rotatable bonds is 9. The molecule has 0 saturated carbocycles. The van der Waals surface area contributed by atoms with Crippen LogP contribution in [0.5, 0.6) is 0 Å². The number of carbonyl (C=O) groups excluding carboxylic acids is 1. The maximum absolute atomic E-state index is 12.0. The predicted octanol–water partition coefficient (Wildman–Crippen LogP) is 3.76. The Kier molecular flexibility index (Phi) is 6.56. The summed E-state index contributed by atoms with van der Waals surface area (Å²) in [6, 6.07) is 7.57. The van der Waals surface area contributed by atoms with Crippen molar-refractivity contribution >= 4 is 11.6 Å². The third kappa shape index (κ3) is 3.99. The summed E-state index contributed by atoms with van der Waals surface area (Å²) in [6.45, 7) is 4.24. The van der Waals surface area contributed by atoms with E-state index in [4.69, 9.17) is 11.5 Å². The van der Waals surface area contributed by atoms with E-state index in [0.717, 1.165) is 31.2 Å². The fourth-order valence-corrected chi connectivity index (χ4v) is 2.80. The Hall–Kier alpha value is -1.51. The second-order valence-electron chi connectivity index (χ2n) is 5.59. The van der Waals surface area contributed by atoms with Crippen molar-refractivity contribution in [2.24, 2.45) is 5.73 Å². The zero-order valence-electron chi connectivity index (χ0n) is 12.8. The second kappa shape index (κ2) is 7.93. The number of hydrogen-bond acceptors (Lipinski definition) is 2. The number of anilines is 1. The normalized spacial score (nSPS) is 13.9. The van der Waals surface area contributed by atoms with Crippen LogP contribution in [-0.4, -0.2) is 5.91 Å². The number of hydrogen-bond donors (Lipinski definition) is 2. The highest BCUT2D eigenvalue weighted by Crippen LogP contribution is 2.34. The molecule has 20 heavy (non-hydrogen) atoms. The molecule has 0 bridgehead atoms. The molecule has 1 atom stereocenters. The van der Waals surface area contributed by atoms with Crippen LogP contribution in [-0.2, 0) is 10.2 Å². The van der Waals surface area contributed by atoms with Gasteiger partial charge in [-0.25, -0.2) is 0 Å². The van der Waals surface area contributed by atoms with Gasteiger partial charge < -0.3 is 11.5 Å². The van der Waals surface area contributed by atoms with Crippen molar-refractivity contribution in [3.05, 3.63) is 29.8 Å². The first-order valence-corrected chi connectivity index (χ1v) is 7.72. The maximum atomic E-state index is 12.0. The molecule has 1 aromatic carbocycles. The van der Waals surface area contributed by atoms with Gasteiger partial charge in [0.2, 0.25) is 5.91 Å². The Bertz CT molecular complexity index is 414. The minimum Gasteiger partial charge on any atom is -0.399 e. The molecule has 0 saturated heterocycles. The third-order valence-corrected chi connectivity index (χ3v) is 4.25. The quantitative estimate of drug-likeness (QED) is 0.532. The number of amides is 1. The molecular formula is C17H28N2O. The molecule has 0 spiro atoms. The summed E-state index contributed by atoms with van der Waals surface area (Å²) in [7, 11) is 0. The first-order valence-electron chi connectivity index (χ1n) is 7.72. The monoisotopic (exact) mass is 276 g/mol. The smallest absolute Gasteiger partial charge is 0.228 e. The van der Waals surface area contributed by atoms with Crippen LogP contribution in [0.15, 0.2) is 24.3 Å². The molecule has 1 rings (SSSR count). The summed E-state index contributed by atoms with van der Waals surface area (Å²) < 4.78 is 0. The van der Waals surface area contributed by atoms with Gasteiger partial charge in [0.25, 0.3) is 0 Å². The Morgan fingerprint density at radius 2 is 1.65 bits per heavy atom. The summed E-state index contributed by atoms with van der Waals surface area (Å²) in [5.41, 5.74) is 12.6. The highest BCUT2D eigenvalue weighted by Gasteiger charge is 2.35. The topological polar surface area (TPSA) is 69.1 Å². The van der Waals surface area contributed by atoms with Crippen LogP contribution >= 0.6 is 0 Å². The lowest BCUT2D eigenvalue weighted by molar-refractivity contribution is -0.124. The van der Waals surface area contributed by atoms with Crippen molar-refractivity contribution in [2.75, 3.05) is 5.73 Å². The van der Waals surface area contributed by atoms with Gasteiger partial charge in [-0.15, -0.1) is 0 Å². The fraction of sp³-hybridized carbons (Fsp3) is 0.588. The summed E-state index contributed by atoms with van der Waals surface area (Å²) in [4.78, 5) is 12.0. The van der Waals surface area contributed by atoms with Crippen LogP contribution in [0.1, 0.15) is 64.4 Å². The van der Waals surface area contributed by atoms with E-state index in [1.165, 1.54) is 19.3 Å². The van der Waals surface area contributed by atoms with Crippen LogP contribution in [0, 0.1) is 0 Å². The van der Waals surface area contributed by atoms with Gasteiger partial charge in [-0.1, -0.05) is 58.1 Å². The van der Waals surface area contributed by atoms with Crippen LogP contribution in [0.4, 0.5) is 5.69 Å². The average Bonchev–Trinajstić information content (AvgIpc) is 2.44. The molecular weight excluding hydrogens is 248 g/mol. The molecule has 0 heterocycles. The minimum atomic E-state index is -0.542. The number of nitrogen functional groups attached to an aromatic ring is 1. The van der Waals surface area contributed by atoms with Gasteiger partial charge in [0.1, 0.15) is 0 Å². The molecule has 0 aromatic heterocycles. The summed E-state index contributed by atoms with van der Waals surface area (Å²) in [5.74, 6) is -0.222. The van der Waals surface area contributed by atoms with Gasteiger partial charge >= 0.3 is 0 Å². The standard InChI is InChI=1S/C17H28N2O/c1-3-5-6-7-8-13-17(4-2,16(19)20)14-9-11-15(18)12-10-14/h9-12H,3-8,13,18H2,1-2H3,(H2,19,20). The van der Waals surface area contributed by atoms with E-state index in [9.17, 15) is 4.79 Å². The van der Waals surface area contributed by atoms with Gasteiger partial charge in [0.05, 0.1) is 5.41 Å². The molecule has 0 fully saturated rings. The molecule has 4 N–H and O–H groups in total. The predicted molar refractivity (Wildman–Crippen MR) is 85.4 cm³/mol. The van der Waals surface area contributed by atoms with E-state index in [1.807, 2.05) is 31.2 Å². The van der Waals surface area contributed by atoms with Crippen LogP contribution in [0.25, 0.3) is 0 Å². The van der Waals surface area contributed by atoms with E-state index in [0.29, 0.717) is 5.69 Å². The Labute approximate surface area is 122 Å². The molecule has 0 radical (unpaired) electrons. The first-order chi connectivity index (χ1) is 9.56. The summed E-state index contributed by atoms with van der Waals surface area (Å²) >= 11 is 0. The van der Waals surface area contributed by atoms with E-state index < -0.39 is 5.41 Å². The molecule has 0 aliphatic heterocycles. The van der Waals surface area contributed by atoms with E-state index in [2.05, 4.69) is 6.92 Å². The fourth-order valence-electron chi connectivity index (χ4n) is 2.80. The molecule has 1 aromatic rings. The number of nitrogens with two attached hydrogens (primary N) is 2. The zero-order chi connectivity index (χ0) is 15.0. The number of primary amides is 1. The van der Waals surface area contributed by atoms with Crippen molar-refractivity contribution in [2.45, 2.75) is 64.2 Å². The van der Waals surface area contributed by atoms with E-state index in [1.54, 1.807) is 0 Å². The molecule has 0 aliphatic rings. The van der Waals surface area contributed by atoms with Gasteiger partial charge in [-0.3, -0.25) is 4.79 Å². The molecule has 3 heteroatoms. The molecule has 112 valence electrons. The second-order valence-corrected chi connectivity index (χ2v) is 5.59. The lowest BCUT2D eigenvalue weighted by atomic mass is 9.73. The number of carbonyl (C=O) groups is 1. The highest BCUT2D eigenvalue weighted by molar-refractivity contribution is 5.86. The van der Waals surface area contributed by atoms with Gasteiger partial charge in [-0.05, 0) is 30.5 Å². The molecule has 1 amide bonds. The first kappa shape index (κ1) is 16.5. The SMILES string of the molecule is CCCCCCCC(CC)(C(N)=O)c1ccc(N)cc1. The summed E-state index contributed by atoms with van der Waals surface area (Å²) in [6.07, 6.45) is 7.49. The van der Waals surface area contributed by atoms with Crippen molar-refractivity contribution in [3.8, 4) is 0 Å².